The highest BCUT2D eigenvalue weighted by atomic mass is 35.5. The maximum absolute atomic E-state index is 11.6. The number of nitrogens with one attached hydrogen (secondary N) is 2. The van der Waals surface area contributed by atoms with E-state index in [1.165, 1.54) is 13.3 Å². The number of carbonyl (C=O) groups is 2. The topological polar surface area (TPSA) is 58.2 Å². The van der Waals surface area contributed by atoms with Crippen LogP contribution in [-0.4, -0.2) is 23.4 Å². The molecule has 1 aliphatic carbocycles. The second-order valence-electron chi connectivity index (χ2n) is 4.95. The van der Waals surface area contributed by atoms with Crippen molar-refractivity contribution in [1.29, 1.82) is 0 Å². The molecular weight excluding hydrogens is 240 g/mol. The summed E-state index contributed by atoms with van der Waals surface area (Å²) < 4.78 is 0. The monoisotopic (exact) mass is 260 g/mol. The number of hydrogen-bond donors (Lipinski definition) is 2. The minimum atomic E-state index is -0.691. The summed E-state index contributed by atoms with van der Waals surface area (Å²) in [6.07, 6.45) is 3.30. The number of urea groups is 1. The van der Waals surface area contributed by atoms with Crippen molar-refractivity contribution < 1.29 is 9.59 Å². The van der Waals surface area contributed by atoms with Crippen molar-refractivity contribution in [2.75, 3.05) is 0 Å². The molecular formula is C12H21ClN2O2. The molecule has 0 heterocycles. The highest BCUT2D eigenvalue weighted by molar-refractivity contribution is 6.31. The van der Waals surface area contributed by atoms with Gasteiger partial charge in [-0.3, -0.25) is 10.1 Å². The first-order chi connectivity index (χ1) is 7.91. The third-order valence-electron chi connectivity index (χ3n) is 3.62. The van der Waals surface area contributed by atoms with Crippen LogP contribution >= 0.6 is 11.6 Å². The first kappa shape index (κ1) is 14.3. The Hall–Kier alpha value is -0.770. The van der Waals surface area contributed by atoms with Gasteiger partial charge in [0.25, 0.3) is 0 Å². The first-order valence-corrected chi connectivity index (χ1v) is 6.61. The number of imide groups is 1. The quantitative estimate of drug-likeness (QED) is 0.749. The average Bonchev–Trinajstić information content (AvgIpc) is 2.24. The Morgan fingerprint density at radius 1 is 1.29 bits per heavy atom. The van der Waals surface area contributed by atoms with E-state index < -0.39 is 17.3 Å². The summed E-state index contributed by atoms with van der Waals surface area (Å²) in [5.41, 5.74) is 0. The number of alkyl halides is 1. The number of halogens is 1. The zero-order chi connectivity index (χ0) is 13.0. The predicted octanol–water partition coefficient (Wildman–Crippen LogP) is 2.26. The van der Waals surface area contributed by atoms with Crippen LogP contribution in [0.3, 0.4) is 0 Å². The van der Waals surface area contributed by atoms with Gasteiger partial charge in [0.15, 0.2) is 0 Å². The fraction of sp³-hybridized carbons (Fsp3) is 0.833. The lowest BCUT2D eigenvalue weighted by atomic mass is 9.78. The van der Waals surface area contributed by atoms with Crippen LogP contribution in [0.25, 0.3) is 0 Å². The van der Waals surface area contributed by atoms with Gasteiger partial charge in [0.05, 0.1) is 0 Å². The molecule has 17 heavy (non-hydrogen) atoms. The highest BCUT2D eigenvalue weighted by Crippen LogP contribution is 2.29. The molecule has 5 heteroatoms. The van der Waals surface area contributed by atoms with E-state index in [4.69, 9.17) is 11.6 Å². The fourth-order valence-corrected chi connectivity index (χ4v) is 2.26. The molecule has 0 aromatic carbocycles. The van der Waals surface area contributed by atoms with Crippen molar-refractivity contribution >= 4 is 23.5 Å². The zero-order valence-corrected chi connectivity index (χ0v) is 11.4. The van der Waals surface area contributed by atoms with Crippen molar-refractivity contribution in [2.45, 2.75) is 51.5 Å². The first-order valence-electron chi connectivity index (χ1n) is 6.17. The van der Waals surface area contributed by atoms with Gasteiger partial charge >= 0.3 is 6.03 Å². The van der Waals surface area contributed by atoms with Gasteiger partial charge in [0.1, 0.15) is 5.38 Å². The van der Waals surface area contributed by atoms with Crippen LogP contribution in [0, 0.1) is 11.8 Å². The van der Waals surface area contributed by atoms with Crippen LogP contribution in [-0.2, 0) is 4.79 Å². The second kappa shape index (κ2) is 6.24. The van der Waals surface area contributed by atoms with Crippen molar-refractivity contribution in [3.8, 4) is 0 Å². The van der Waals surface area contributed by atoms with Crippen LogP contribution < -0.4 is 10.6 Å². The lowest BCUT2D eigenvalue weighted by Crippen LogP contribution is -2.50. The zero-order valence-electron chi connectivity index (χ0n) is 10.6. The van der Waals surface area contributed by atoms with E-state index in [9.17, 15) is 9.59 Å². The van der Waals surface area contributed by atoms with Gasteiger partial charge in [0, 0.05) is 6.04 Å². The lowest BCUT2D eigenvalue weighted by molar-refractivity contribution is -0.119. The lowest BCUT2D eigenvalue weighted by Gasteiger charge is -2.34. The minimum Gasteiger partial charge on any atom is -0.335 e. The summed E-state index contributed by atoms with van der Waals surface area (Å²) in [6, 6.07) is -0.286. The third kappa shape index (κ3) is 4.19. The summed E-state index contributed by atoms with van der Waals surface area (Å²) in [6.45, 7) is 5.87. The van der Waals surface area contributed by atoms with Crippen LogP contribution in [0.1, 0.15) is 40.0 Å². The van der Waals surface area contributed by atoms with Crippen molar-refractivity contribution in [2.24, 2.45) is 11.8 Å². The molecule has 3 amide bonds. The number of carbonyl (C=O) groups excluding carboxylic acids is 2. The summed E-state index contributed by atoms with van der Waals surface area (Å²) in [4.78, 5) is 22.8. The molecule has 0 saturated heterocycles. The number of amides is 3. The Morgan fingerprint density at radius 3 is 2.53 bits per heavy atom. The molecule has 1 saturated carbocycles. The Morgan fingerprint density at radius 2 is 1.94 bits per heavy atom. The molecule has 2 N–H and O–H groups in total. The molecule has 4 nitrogen and oxygen atoms in total. The summed E-state index contributed by atoms with van der Waals surface area (Å²) in [7, 11) is 0. The molecule has 1 aliphatic rings. The van der Waals surface area contributed by atoms with Gasteiger partial charge < -0.3 is 5.32 Å². The Balaban J connectivity index is 2.42. The van der Waals surface area contributed by atoms with Gasteiger partial charge in [-0.1, -0.05) is 26.7 Å². The molecule has 0 bridgehead atoms. The Kier molecular flexibility index (Phi) is 5.25. The van der Waals surface area contributed by atoms with E-state index in [0.717, 1.165) is 12.8 Å². The molecule has 98 valence electrons. The molecule has 0 aromatic heterocycles. The summed E-state index contributed by atoms with van der Waals surface area (Å²) in [5.74, 6) is 0.593. The van der Waals surface area contributed by atoms with E-state index >= 15 is 0 Å². The Labute approximate surface area is 107 Å². The van der Waals surface area contributed by atoms with Gasteiger partial charge in [0.2, 0.25) is 5.91 Å². The molecule has 0 aliphatic heterocycles. The third-order valence-corrected chi connectivity index (χ3v) is 3.82. The SMILES string of the molecule is CC(Cl)C(=O)NC(=O)NC1CCCC(C)C1C. The van der Waals surface area contributed by atoms with Gasteiger partial charge in [-0.15, -0.1) is 11.6 Å². The standard InChI is InChI=1S/C12H21ClN2O2/c1-7-5-4-6-10(8(7)2)14-12(17)15-11(16)9(3)13/h7-10H,4-6H2,1-3H3,(H2,14,15,16,17). The van der Waals surface area contributed by atoms with Crippen molar-refractivity contribution in [3.63, 3.8) is 0 Å². The van der Waals surface area contributed by atoms with Crippen LogP contribution in [0.2, 0.25) is 0 Å². The maximum atomic E-state index is 11.6. The van der Waals surface area contributed by atoms with E-state index in [0.29, 0.717) is 11.8 Å². The van der Waals surface area contributed by atoms with Crippen LogP contribution in [0.4, 0.5) is 4.79 Å². The number of hydrogen-bond acceptors (Lipinski definition) is 2. The van der Waals surface area contributed by atoms with E-state index in [2.05, 4.69) is 24.5 Å². The summed E-state index contributed by atoms with van der Waals surface area (Å²) in [5, 5.41) is 4.41. The molecule has 4 unspecified atom stereocenters. The Bertz CT molecular complexity index is 294. The molecule has 0 aromatic rings. The van der Waals surface area contributed by atoms with Gasteiger partial charge in [-0.25, -0.2) is 4.79 Å². The van der Waals surface area contributed by atoms with Crippen LogP contribution in [0.5, 0.6) is 0 Å². The molecule has 1 rings (SSSR count). The van der Waals surface area contributed by atoms with Crippen molar-refractivity contribution in [1.82, 2.24) is 10.6 Å². The maximum Gasteiger partial charge on any atom is 0.321 e. The molecule has 1 fully saturated rings. The van der Waals surface area contributed by atoms with Gasteiger partial charge in [-0.05, 0) is 25.2 Å². The van der Waals surface area contributed by atoms with E-state index in [-0.39, 0.29) is 6.04 Å². The van der Waals surface area contributed by atoms with E-state index in [1.54, 1.807) is 0 Å². The number of rotatable bonds is 2. The summed E-state index contributed by atoms with van der Waals surface area (Å²) >= 11 is 5.57. The predicted molar refractivity (Wildman–Crippen MR) is 68.0 cm³/mol. The second-order valence-corrected chi connectivity index (χ2v) is 5.61. The largest absolute Gasteiger partial charge is 0.335 e. The van der Waals surface area contributed by atoms with E-state index in [1.807, 2.05) is 0 Å². The fourth-order valence-electron chi connectivity index (χ4n) is 2.20. The minimum absolute atomic E-state index is 0.150. The van der Waals surface area contributed by atoms with Crippen molar-refractivity contribution in [3.05, 3.63) is 0 Å². The smallest absolute Gasteiger partial charge is 0.321 e. The highest BCUT2D eigenvalue weighted by Gasteiger charge is 2.28. The average molecular weight is 261 g/mol. The molecule has 4 atom stereocenters. The molecule has 0 radical (unpaired) electrons. The normalized spacial score (nSPS) is 30.5. The van der Waals surface area contributed by atoms with Gasteiger partial charge in [-0.2, -0.15) is 0 Å². The van der Waals surface area contributed by atoms with Crippen LogP contribution in [0.15, 0.2) is 0 Å². The molecule has 0 spiro atoms.